The van der Waals surface area contributed by atoms with Crippen LogP contribution in [0.5, 0.6) is 11.8 Å². The molecule has 0 spiro atoms. The number of aromatic nitrogens is 3. The summed E-state index contributed by atoms with van der Waals surface area (Å²) >= 11 is 0. The van der Waals surface area contributed by atoms with Gasteiger partial charge in [0.2, 0.25) is 0 Å². The van der Waals surface area contributed by atoms with Crippen LogP contribution in [-0.4, -0.2) is 28.0 Å². The molecule has 1 N–H and O–H groups in total. The minimum absolute atomic E-state index is 0.0419. The molecule has 0 aliphatic carbocycles. The molecule has 2 aromatic heterocycles. The number of nitrogens with zero attached hydrogens (tertiary/aromatic N) is 3. The van der Waals surface area contributed by atoms with Crippen molar-refractivity contribution < 1.29 is 14.3 Å². The van der Waals surface area contributed by atoms with Crippen LogP contribution in [0.4, 0.5) is 0 Å². The largest absolute Gasteiger partial charge is 0.487 e. The van der Waals surface area contributed by atoms with Gasteiger partial charge in [-0.05, 0) is 60.4 Å². The molecule has 0 saturated heterocycles. The van der Waals surface area contributed by atoms with Gasteiger partial charge in [0.1, 0.15) is 18.1 Å². The van der Waals surface area contributed by atoms with Gasteiger partial charge in [-0.2, -0.15) is 4.98 Å². The Morgan fingerprint density at radius 3 is 2.37 bits per heavy atom. The number of ether oxygens (including phenoxy) is 1. The van der Waals surface area contributed by atoms with E-state index < -0.39 is 8.32 Å². The van der Waals surface area contributed by atoms with Crippen LogP contribution in [0.3, 0.4) is 0 Å². The van der Waals surface area contributed by atoms with E-state index in [1.54, 1.807) is 4.57 Å². The summed E-state index contributed by atoms with van der Waals surface area (Å²) in [5.41, 5.74) is 5.36. The van der Waals surface area contributed by atoms with E-state index in [2.05, 4.69) is 44.9 Å². The Hall–Kier alpha value is -3.16. The van der Waals surface area contributed by atoms with Crippen molar-refractivity contribution >= 4 is 19.4 Å². The van der Waals surface area contributed by atoms with Gasteiger partial charge in [0.25, 0.3) is 6.01 Å². The quantitative estimate of drug-likeness (QED) is 0.283. The van der Waals surface area contributed by atoms with Crippen LogP contribution in [0.2, 0.25) is 18.1 Å². The van der Waals surface area contributed by atoms with E-state index in [1.807, 2.05) is 61.5 Å². The first kappa shape index (κ1) is 24.9. The van der Waals surface area contributed by atoms with Crippen molar-refractivity contribution in [1.82, 2.24) is 14.5 Å². The summed E-state index contributed by atoms with van der Waals surface area (Å²) in [4.78, 5) is 9.08. The zero-order chi connectivity index (χ0) is 25.2. The molecular formula is C28H35N3O3Si. The highest BCUT2D eigenvalue weighted by atomic mass is 28.4. The standard InChI is InChI=1S/C28H35N3O3Si/c1-20-12-15-26(33-18-21-10-8-7-9-11-21)24(29-20)17-31-25-16-22(13-14-23(25)30-27(31)32)19-34-35(5,6)28(2,3)4/h7-16H,17-19H2,1-6H3,(H,30,32). The summed E-state index contributed by atoms with van der Waals surface area (Å²) in [5, 5.41) is 10.8. The van der Waals surface area contributed by atoms with Crippen molar-refractivity contribution in [3.8, 4) is 11.8 Å². The van der Waals surface area contributed by atoms with Gasteiger partial charge < -0.3 is 14.3 Å². The minimum atomic E-state index is -1.87. The second-order valence-corrected chi connectivity index (χ2v) is 15.4. The van der Waals surface area contributed by atoms with Gasteiger partial charge in [-0.1, -0.05) is 57.2 Å². The lowest BCUT2D eigenvalue weighted by Gasteiger charge is -2.36. The molecule has 35 heavy (non-hydrogen) atoms. The average molecular weight is 490 g/mol. The maximum absolute atomic E-state index is 10.7. The fourth-order valence-corrected chi connectivity index (χ4v) is 4.57. The SMILES string of the molecule is Cc1ccc(OCc2ccccc2)c(Cn2c(O)nc3ccc(CO[Si](C)(C)C(C)(C)C)cc32)n1. The van der Waals surface area contributed by atoms with Gasteiger partial charge in [0, 0.05) is 5.69 Å². The third-order valence-corrected chi connectivity index (χ3v) is 11.3. The fourth-order valence-electron chi connectivity index (χ4n) is 3.61. The number of hydrogen-bond acceptors (Lipinski definition) is 5. The molecule has 0 aliphatic rings. The molecule has 0 bridgehead atoms. The lowest BCUT2D eigenvalue weighted by Crippen LogP contribution is -2.40. The van der Waals surface area contributed by atoms with E-state index in [-0.39, 0.29) is 11.0 Å². The van der Waals surface area contributed by atoms with Crippen molar-refractivity contribution in [1.29, 1.82) is 0 Å². The van der Waals surface area contributed by atoms with Crippen LogP contribution in [0.1, 0.15) is 43.3 Å². The Bertz CT molecular complexity index is 1310. The van der Waals surface area contributed by atoms with E-state index in [1.165, 1.54) is 0 Å². The van der Waals surface area contributed by atoms with E-state index in [9.17, 15) is 5.11 Å². The summed E-state index contributed by atoms with van der Waals surface area (Å²) in [6.07, 6.45) is 0. The maximum atomic E-state index is 10.7. The van der Waals surface area contributed by atoms with Gasteiger partial charge in [-0.25, -0.2) is 0 Å². The number of aryl methyl sites for hydroxylation is 1. The summed E-state index contributed by atoms with van der Waals surface area (Å²) in [5.74, 6) is 0.693. The smallest absolute Gasteiger partial charge is 0.295 e. The molecular weight excluding hydrogens is 454 g/mol. The number of benzene rings is 2. The van der Waals surface area contributed by atoms with Crippen molar-refractivity contribution in [2.24, 2.45) is 0 Å². The fraction of sp³-hybridized carbons (Fsp3) is 0.357. The first-order valence-corrected chi connectivity index (χ1v) is 14.9. The van der Waals surface area contributed by atoms with Crippen LogP contribution in [0, 0.1) is 6.92 Å². The number of imidazole rings is 1. The average Bonchev–Trinajstić information content (AvgIpc) is 3.11. The van der Waals surface area contributed by atoms with Gasteiger partial charge in [-0.3, -0.25) is 9.55 Å². The van der Waals surface area contributed by atoms with Crippen molar-refractivity contribution in [3.63, 3.8) is 0 Å². The molecule has 0 amide bonds. The molecule has 0 saturated carbocycles. The van der Waals surface area contributed by atoms with Crippen molar-refractivity contribution in [2.45, 2.75) is 65.6 Å². The molecule has 4 aromatic rings. The van der Waals surface area contributed by atoms with Gasteiger partial charge in [0.05, 0.1) is 24.2 Å². The summed E-state index contributed by atoms with van der Waals surface area (Å²) in [7, 11) is -1.87. The molecule has 6 nitrogen and oxygen atoms in total. The molecule has 0 aliphatic heterocycles. The van der Waals surface area contributed by atoms with Crippen LogP contribution in [0.15, 0.2) is 60.7 Å². The second kappa shape index (κ2) is 9.83. The van der Waals surface area contributed by atoms with Crippen LogP contribution >= 0.6 is 0 Å². The van der Waals surface area contributed by atoms with Crippen LogP contribution in [-0.2, 0) is 24.2 Å². The molecule has 0 fully saturated rings. The Morgan fingerprint density at radius 1 is 0.914 bits per heavy atom. The predicted molar refractivity (Wildman–Crippen MR) is 142 cm³/mol. The third-order valence-electron chi connectivity index (χ3n) is 6.82. The highest BCUT2D eigenvalue weighted by Gasteiger charge is 2.37. The van der Waals surface area contributed by atoms with Crippen LogP contribution < -0.4 is 4.74 Å². The summed E-state index contributed by atoms with van der Waals surface area (Å²) in [6.45, 7) is 14.5. The lowest BCUT2D eigenvalue weighted by molar-refractivity contribution is 0.276. The van der Waals surface area contributed by atoms with Crippen molar-refractivity contribution in [3.05, 3.63) is 83.2 Å². The van der Waals surface area contributed by atoms with Gasteiger partial charge >= 0.3 is 0 Å². The summed E-state index contributed by atoms with van der Waals surface area (Å²) < 4.78 is 14.3. The van der Waals surface area contributed by atoms with Gasteiger partial charge in [-0.15, -0.1) is 0 Å². The monoisotopic (exact) mass is 489 g/mol. The zero-order valence-electron chi connectivity index (χ0n) is 21.5. The minimum Gasteiger partial charge on any atom is -0.487 e. The highest BCUT2D eigenvalue weighted by molar-refractivity contribution is 6.74. The number of aromatic hydroxyl groups is 1. The molecule has 7 heteroatoms. The van der Waals surface area contributed by atoms with E-state index in [0.717, 1.165) is 33.5 Å². The Kier molecular flexibility index (Phi) is 7.01. The first-order chi connectivity index (χ1) is 16.5. The second-order valence-electron chi connectivity index (χ2n) is 10.5. The third kappa shape index (κ3) is 5.74. The normalized spacial score (nSPS) is 12.3. The zero-order valence-corrected chi connectivity index (χ0v) is 22.5. The maximum Gasteiger partial charge on any atom is 0.295 e. The van der Waals surface area contributed by atoms with Crippen LogP contribution in [0.25, 0.3) is 11.0 Å². The van der Waals surface area contributed by atoms with E-state index >= 15 is 0 Å². The topological polar surface area (TPSA) is 69.4 Å². The number of hydrogen-bond donors (Lipinski definition) is 1. The van der Waals surface area contributed by atoms with E-state index in [0.29, 0.717) is 25.5 Å². The Labute approximate surface area is 208 Å². The first-order valence-electron chi connectivity index (χ1n) is 12.0. The summed E-state index contributed by atoms with van der Waals surface area (Å²) in [6, 6.07) is 19.9. The molecule has 0 radical (unpaired) electrons. The highest BCUT2D eigenvalue weighted by Crippen LogP contribution is 2.37. The predicted octanol–water partition coefficient (Wildman–Crippen LogP) is 6.59. The van der Waals surface area contributed by atoms with Crippen molar-refractivity contribution in [2.75, 3.05) is 0 Å². The Morgan fingerprint density at radius 2 is 1.66 bits per heavy atom. The molecule has 2 heterocycles. The van der Waals surface area contributed by atoms with Gasteiger partial charge in [0.15, 0.2) is 8.32 Å². The number of rotatable bonds is 8. The number of pyridine rings is 1. The molecule has 2 aromatic carbocycles. The van der Waals surface area contributed by atoms with E-state index in [4.69, 9.17) is 14.1 Å². The molecule has 0 atom stereocenters. The Balaban J connectivity index is 1.60. The lowest BCUT2D eigenvalue weighted by atomic mass is 10.2. The number of fused-ring (bicyclic) bond motifs is 1. The molecule has 184 valence electrons. The molecule has 4 rings (SSSR count). The molecule has 0 unspecified atom stereocenters.